The van der Waals surface area contributed by atoms with Gasteiger partial charge in [-0.15, -0.1) is 11.8 Å². The Morgan fingerprint density at radius 1 is 1.03 bits per heavy atom. The Bertz CT molecular complexity index is 1170. The highest BCUT2D eigenvalue weighted by Gasteiger charge is 2.14. The summed E-state index contributed by atoms with van der Waals surface area (Å²) in [4.78, 5) is 18.2. The molecule has 4 nitrogen and oxygen atoms in total. The number of amides is 1. The predicted molar refractivity (Wildman–Crippen MR) is 114 cm³/mol. The molecule has 1 N–H and O–H groups in total. The molecule has 0 radical (unpaired) electrons. The molecule has 0 saturated carbocycles. The zero-order chi connectivity index (χ0) is 20.2. The number of carbonyl (C=O) groups is 1. The maximum atomic E-state index is 13.9. The molecular weight excluding hydrogens is 385 g/mol. The number of nitrogens with one attached hydrogen (secondary N) is 1. The van der Waals surface area contributed by atoms with Crippen LogP contribution in [0.5, 0.6) is 0 Å². The Labute approximate surface area is 172 Å². The number of para-hydroxylation sites is 2. The van der Waals surface area contributed by atoms with Crippen LogP contribution in [-0.2, 0) is 19.3 Å². The summed E-state index contributed by atoms with van der Waals surface area (Å²) in [6.07, 6.45) is 0. The molecule has 1 amide bonds. The summed E-state index contributed by atoms with van der Waals surface area (Å²) in [5.74, 6) is 0.843. The Balaban J connectivity index is 1.47. The summed E-state index contributed by atoms with van der Waals surface area (Å²) in [5.41, 5.74) is 3.12. The van der Waals surface area contributed by atoms with Crippen molar-refractivity contribution in [2.45, 2.75) is 17.2 Å². The summed E-state index contributed by atoms with van der Waals surface area (Å²) in [7, 11) is 1.94. The fourth-order valence-electron chi connectivity index (χ4n) is 3.16. The molecule has 0 aliphatic carbocycles. The van der Waals surface area contributed by atoms with Gasteiger partial charge in [0.25, 0.3) is 5.91 Å². The lowest BCUT2D eigenvalue weighted by Crippen LogP contribution is -2.24. The molecule has 4 aromatic rings. The average Bonchev–Trinajstić information content (AvgIpc) is 3.07. The number of aryl methyl sites for hydroxylation is 1. The van der Waals surface area contributed by atoms with E-state index in [1.54, 1.807) is 18.2 Å². The Kier molecular flexibility index (Phi) is 5.62. The molecule has 29 heavy (non-hydrogen) atoms. The van der Waals surface area contributed by atoms with Crippen molar-refractivity contribution in [2.24, 2.45) is 7.05 Å². The van der Waals surface area contributed by atoms with E-state index in [1.165, 1.54) is 17.8 Å². The minimum atomic E-state index is -0.233. The molecule has 0 fully saturated rings. The lowest BCUT2D eigenvalue weighted by atomic mass is 10.2. The van der Waals surface area contributed by atoms with Gasteiger partial charge in [-0.05, 0) is 35.9 Å². The van der Waals surface area contributed by atoms with E-state index in [0.717, 1.165) is 21.8 Å². The third-order valence-electron chi connectivity index (χ3n) is 4.76. The summed E-state index contributed by atoms with van der Waals surface area (Å²) in [5, 5.41) is 2.96. The van der Waals surface area contributed by atoms with Crippen molar-refractivity contribution in [1.29, 1.82) is 0 Å². The lowest BCUT2D eigenvalue weighted by Gasteiger charge is -2.10. The van der Waals surface area contributed by atoms with E-state index in [4.69, 9.17) is 0 Å². The van der Waals surface area contributed by atoms with Gasteiger partial charge in [-0.1, -0.05) is 42.5 Å². The van der Waals surface area contributed by atoms with Gasteiger partial charge in [0.05, 0.1) is 23.1 Å². The summed E-state index contributed by atoms with van der Waals surface area (Å²) < 4.78 is 15.9. The van der Waals surface area contributed by atoms with Crippen molar-refractivity contribution < 1.29 is 9.18 Å². The zero-order valence-electron chi connectivity index (χ0n) is 15.9. The van der Waals surface area contributed by atoms with Crippen molar-refractivity contribution in [1.82, 2.24) is 14.9 Å². The Morgan fingerprint density at radius 3 is 2.59 bits per heavy atom. The number of nitrogens with zero attached hydrogens (tertiary/aromatic N) is 2. The van der Waals surface area contributed by atoms with Crippen LogP contribution < -0.4 is 5.32 Å². The Morgan fingerprint density at radius 2 is 1.76 bits per heavy atom. The summed E-state index contributed by atoms with van der Waals surface area (Å²) in [6.45, 7) is 0.330. The van der Waals surface area contributed by atoms with Gasteiger partial charge in [0.15, 0.2) is 0 Å². The van der Waals surface area contributed by atoms with Crippen LogP contribution in [0.15, 0.2) is 77.7 Å². The smallest absolute Gasteiger partial charge is 0.252 e. The summed E-state index contributed by atoms with van der Waals surface area (Å²) >= 11 is 1.45. The first-order chi connectivity index (χ1) is 14.1. The molecule has 146 valence electrons. The van der Waals surface area contributed by atoms with Crippen LogP contribution in [0.1, 0.15) is 21.7 Å². The molecule has 0 aliphatic rings. The number of thioether (sulfide) groups is 1. The SMILES string of the molecule is Cn1c(CNC(=O)c2ccccc2SCc2ccccc2F)nc2ccccc21. The van der Waals surface area contributed by atoms with E-state index >= 15 is 0 Å². The fourth-order valence-corrected chi connectivity index (χ4v) is 4.20. The van der Waals surface area contributed by atoms with Gasteiger partial charge in [-0.2, -0.15) is 0 Å². The van der Waals surface area contributed by atoms with E-state index in [0.29, 0.717) is 23.4 Å². The molecule has 3 aromatic carbocycles. The number of aromatic nitrogens is 2. The minimum absolute atomic E-state index is 0.173. The molecule has 0 spiro atoms. The van der Waals surface area contributed by atoms with Crippen LogP contribution in [0.3, 0.4) is 0 Å². The van der Waals surface area contributed by atoms with Crippen molar-refractivity contribution in [3.05, 3.63) is 95.6 Å². The largest absolute Gasteiger partial charge is 0.345 e. The first-order valence-electron chi connectivity index (χ1n) is 9.27. The topological polar surface area (TPSA) is 46.9 Å². The number of halogens is 1. The fraction of sp³-hybridized carbons (Fsp3) is 0.130. The Hall–Kier alpha value is -3.12. The summed E-state index contributed by atoms with van der Waals surface area (Å²) in [6, 6.07) is 21.9. The number of carbonyl (C=O) groups excluding carboxylic acids is 1. The number of fused-ring (bicyclic) bond motifs is 1. The maximum Gasteiger partial charge on any atom is 0.252 e. The van der Waals surface area contributed by atoms with Gasteiger partial charge >= 0.3 is 0 Å². The molecule has 0 unspecified atom stereocenters. The molecule has 0 saturated heterocycles. The monoisotopic (exact) mass is 405 g/mol. The molecule has 1 aromatic heterocycles. The van der Waals surface area contributed by atoms with Gasteiger partial charge in [0.2, 0.25) is 0 Å². The normalized spacial score (nSPS) is 11.0. The maximum absolute atomic E-state index is 13.9. The van der Waals surface area contributed by atoms with Gasteiger partial charge < -0.3 is 9.88 Å². The average molecular weight is 405 g/mol. The molecule has 0 bridgehead atoms. The highest BCUT2D eigenvalue weighted by Crippen LogP contribution is 2.27. The first-order valence-corrected chi connectivity index (χ1v) is 10.3. The molecule has 6 heteroatoms. The highest BCUT2D eigenvalue weighted by atomic mass is 32.2. The lowest BCUT2D eigenvalue weighted by molar-refractivity contribution is 0.0946. The number of imidazole rings is 1. The number of hydrogen-bond donors (Lipinski definition) is 1. The second-order valence-electron chi connectivity index (χ2n) is 6.63. The van der Waals surface area contributed by atoms with Crippen molar-refractivity contribution in [2.75, 3.05) is 0 Å². The van der Waals surface area contributed by atoms with Gasteiger partial charge in [0, 0.05) is 17.7 Å². The first kappa shape index (κ1) is 19.2. The van der Waals surface area contributed by atoms with Crippen LogP contribution in [0, 0.1) is 5.82 Å². The van der Waals surface area contributed by atoms with Crippen molar-refractivity contribution in [3.8, 4) is 0 Å². The highest BCUT2D eigenvalue weighted by molar-refractivity contribution is 7.98. The quantitative estimate of drug-likeness (QED) is 0.463. The molecule has 4 rings (SSSR count). The van der Waals surface area contributed by atoms with E-state index in [1.807, 2.05) is 60.1 Å². The van der Waals surface area contributed by atoms with Crippen molar-refractivity contribution in [3.63, 3.8) is 0 Å². The molecule has 1 heterocycles. The van der Waals surface area contributed by atoms with Crippen LogP contribution in [0.2, 0.25) is 0 Å². The van der Waals surface area contributed by atoms with Crippen molar-refractivity contribution >= 4 is 28.7 Å². The standard InChI is InChI=1S/C23H20FN3OS/c1-27-20-12-6-5-11-19(20)26-22(27)14-25-23(28)17-9-3-7-13-21(17)29-15-16-8-2-4-10-18(16)24/h2-13H,14-15H2,1H3,(H,25,28). The number of hydrogen-bond acceptors (Lipinski definition) is 3. The van der Waals surface area contributed by atoms with Gasteiger partial charge in [-0.3, -0.25) is 4.79 Å². The minimum Gasteiger partial charge on any atom is -0.345 e. The third kappa shape index (κ3) is 4.17. The second-order valence-corrected chi connectivity index (χ2v) is 7.65. The zero-order valence-corrected chi connectivity index (χ0v) is 16.7. The van der Waals surface area contributed by atoms with E-state index in [2.05, 4.69) is 10.3 Å². The molecule has 0 aliphatic heterocycles. The molecule has 0 atom stereocenters. The van der Waals surface area contributed by atoms with Crippen LogP contribution in [-0.4, -0.2) is 15.5 Å². The number of benzene rings is 3. The number of rotatable bonds is 6. The van der Waals surface area contributed by atoms with Gasteiger partial charge in [0.1, 0.15) is 11.6 Å². The van der Waals surface area contributed by atoms with E-state index < -0.39 is 0 Å². The van der Waals surface area contributed by atoms with E-state index in [9.17, 15) is 9.18 Å². The third-order valence-corrected chi connectivity index (χ3v) is 5.88. The predicted octanol–water partition coefficient (Wildman–Crippen LogP) is 4.93. The van der Waals surface area contributed by atoms with Crippen LogP contribution >= 0.6 is 11.8 Å². The van der Waals surface area contributed by atoms with Gasteiger partial charge in [-0.25, -0.2) is 9.37 Å². The second kappa shape index (κ2) is 8.49. The van der Waals surface area contributed by atoms with Crippen LogP contribution in [0.25, 0.3) is 11.0 Å². The van der Waals surface area contributed by atoms with E-state index in [-0.39, 0.29) is 11.7 Å². The van der Waals surface area contributed by atoms with Crippen LogP contribution in [0.4, 0.5) is 4.39 Å². The molecular formula is C23H20FN3OS.